The molecule has 0 aromatic heterocycles. The molecule has 1 aliphatic rings. The highest BCUT2D eigenvalue weighted by Crippen LogP contribution is 2.26. The van der Waals surface area contributed by atoms with Gasteiger partial charge in [-0.1, -0.05) is 6.07 Å². The molecule has 1 unspecified atom stereocenters. The lowest BCUT2D eigenvalue weighted by atomic mass is 9.96. The van der Waals surface area contributed by atoms with Crippen LogP contribution in [0.1, 0.15) is 12.8 Å². The van der Waals surface area contributed by atoms with Crippen molar-refractivity contribution in [2.75, 3.05) is 16.8 Å². The molecule has 2 amide bonds. The maximum atomic E-state index is 13.7. The quantitative estimate of drug-likeness (QED) is 0.923. The van der Waals surface area contributed by atoms with Gasteiger partial charge in [0, 0.05) is 24.7 Å². The van der Waals surface area contributed by atoms with Crippen molar-refractivity contribution in [3.63, 3.8) is 0 Å². The van der Waals surface area contributed by atoms with Crippen molar-refractivity contribution in [3.05, 3.63) is 59.9 Å². The van der Waals surface area contributed by atoms with Gasteiger partial charge >= 0.3 is 0 Å². The predicted octanol–water partition coefficient (Wildman–Crippen LogP) is 3.49. The first-order valence-electron chi connectivity index (χ1n) is 7.76. The Bertz CT molecular complexity index is 826. The van der Waals surface area contributed by atoms with Crippen molar-refractivity contribution in [3.8, 4) is 0 Å². The highest BCUT2D eigenvalue weighted by molar-refractivity contribution is 5.99. The molecule has 7 heteroatoms. The standard InChI is InChI=1S/C18H15F3N2O2/c19-12-2-1-3-14(8-12)23-10-11(4-7-17(23)24)18(25)22-16-6-5-13(20)9-15(16)21/h1-3,5-6,8-9,11H,4,7,10H2,(H,22,25). The summed E-state index contributed by atoms with van der Waals surface area (Å²) >= 11 is 0. The number of nitrogens with one attached hydrogen (secondary N) is 1. The van der Waals surface area contributed by atoms with Crippen LogP contribution in [0, 0.1) is 23.4 Å². The highest BCUT2D eigenvalue weighted by atomic mass is 19.1. The van der Waals surface area contributed by atoms with Gasteiger partial charge in [-0.3, -0.25) is 9.59 Å². The van der Waals surface area contributed by atoms with E-state index in [4.69, 9.17) is 0 Å². The Morgan fingerprint density at radius 1 is 1.08 bits per heavy atom. The number of hydrogen-bond donors (Lipinski definition) is 1. The third-order valence-electron chi connectivity index (χ3n) is 4.09. The van der Waals surface area contributed by atoms with E-state index < -0.39 is 29.3 Å². The molecule has 1 saturated heterocycles. The second-order valence-corrected chi connectivity index (χ2v) is 5.83. The number of rotatable bonds is 3. The second kappa shape index (κ2) is 6.96. The normalized spacial score (nSPS) is 17.5. The van der Waals surface area contributed by atoms with Crippen LogP contribution in [0.5, 0.6) is 0 Å². The van der Waals surface area contributed by atoms with Gasteiger partial charge in [-0.05, 0) is 36.8 Å². The van der Waals surface area contributed by atoms with Crippen molar-refractivity contribution >= 4 is 23.2 Å². The molecule has 1 fully saturated rings. The molecule has 4 nitrogen and oxygen atoms in total. The van der Waals surface area contributed by atoms with E-state index in [1.165, 1.54) is 23.1 Å². The smallest absolute Gasteiger partial charge is 0.229 e. The SMILES string of the molecule is O=C(Nc1ccc(F)cc1F)C1CCC(=O)N(c2cccc(F)c2)C1. The Balaban J connectivity index is 1.74. The molecule has 1 atom stereocenters. The molecule has 1 aliphatic heterocycles. The number of anilines is 2. The molecule has 0 saturated carbocycles. The van der Waals surface area contributed by atoms with Gasteiger partial charge in [0.25, 0.3) is 0 Å². The zero-order valence-corrected chi connectivity index (χ0v) is 13.1. The summed E-state index contributed by atoms with van der Waals surface area (Å²) in [4.78, 5) is 25.8. The Morgan fingerprint density at radius 3 is 2.56 bits per heavy atom. The van der Waals surface area contributed by atoms with Crippen molar-refractivity contribution < 1.29 is 22.8 Å². The molecule has 130 valence electrons. The van der Waals surface area contributed by atoms with Crippen LogP contribution in [-0.4, -0.2) is 18.4 Å². The first-order chi connectivity index (χ1) is 11.9. The number of nitrogens with zero attached hydrogens (tertiary/aromatic N) is 1. The van der Waals surface area contributed by atoms with E-state index in [1.54, 1.807) is 6.07 Å². The topological polar surface area (TPSA) is 49.4 Å². The van der Waals surface area contributed by atoms with Crippen LogP contribution < -0.4 is 10.2 Å². The largest absolute Gasteiger partial charge is 0.323 e. The van der Waals surface area contributed by atoms with Gasteiger partial charge in [0.1, 0.15) is 17.5 Å². The summed E-state index contributed by atoms with van der Waals surface area (Å²) < 4.78 is 40.0. The van der Waals surface area contributed by atoms with Gasteiger partial charge in [0.2, 0.25) is 11.8 Å². The third kappa shape index (κ3) is 3.81. The van der Waals surface area contributed by atoms with Crippen LogP contribution in [0.15, 0.2) is 42.5 Å². The van der Waals surface area contributed by atoms with Crippen molar-refractivity contribution in [2.45, 2.75) is 12.8 Å². The Morgan fingerprint density at radius 2 is 1.84 bits per heavy atom. The van der Waals surface area contributed by atoms with Gasteiger partial charge in [-0.25, -0.2) is 13.2 Å². The fraction of sp³-hybridized carbons (Fsp3) is 0.222. The summed E-state index contributed by atoms with van der Waals surface area (Å²) in [6.07, 6.45) is 0.430. The first-order valence-corrected chi connectivity index (χ1v) is 7.76. The van der Waals surface area contributed by atoms with Crippen molar-refractivity contribution in [1.29, 1.82) is 0 Å². The van der Waals surface area contributed by atoms with Crippen LogP contribution in [0.4, 0.5) is 24.5 Å². The van der Waals surface area contributed by atoms with Gasteiger partial charge in [0.05, 0.1) is 11.6 Å². The summed E-state index contributed by atoms with van der Waals surface area (Å²) in [5.41, 5.74) is 0.246. The average molecular weight is 348 g/mol. The lowest BCUT2D eigenvalue weighted by Gasteiger charge is -2.32. The maximum Gasteiger partial charge on any atom is 0.229 e. The zero-order chi connectivity index (χ0) is 18.0. The first kappa shape index (κ1) is 17.0. The highest BCUT2D eigenvalue weighted by Gasteiger charge is 2.31. The van der Waals surface area contributed by atoms with Gasteiger partial charge in [-0.15, -0.1) is 0 Å². The van der Waals surface area contributed by atoms with Gasteiger partial charge < -0.3 is 10.2 Å². The van der Waals surface area contributed by atoms with Gasteiger partial charge in [0.15, 0.2) is 0 Å². The van der Waals surface area contributed by atoms with Crippen LogP contribution in [-0.2, 0) is 9.59 Å². The molecule has 0 spiro atoms. The molecule has 0 bridgehead atoms. The third-order valence-corrected chi connectivity index (χ3v) is 4.09. The fourth-order valence-electron chi connectivity index (χ4n) is 2.78. The summed E-state index contributed by atoms with van der Waals surface area (Å²) in [7, 11) is 0. The van der Waals surface area contributed by atoms with Crippen molar-refractivity contribution in [1.82, 2.24) is 0 Å². The Labute approximate surface area is 142 Å². The van der Waals surface area contributed by atoms with Crippen LogP contribution in [0.25, 0.3) is 0 Å². The second-order valence-electron chi connectivity index (χ2n) is 5.83. The van der Waals surface area contributed by atoms with E-state index in [1.807, 2.05) is 0 Å². The van der Waals surface area contributed by atoms with Crippen LogP contribution in [0.2, 0.25) is 0 Å². The number of carbonyl (C=O) groups is 2. The Kier molecular flexibility index (Phi) is 4.74. The molecule has 25 heavy (non-hydrogen) atoms. The number of benzene rings is 2. The minimum atomic E-state index is -0.873. The maximum absolute atomic E-state index is 13.7. The average Bonchev–Trinajstić information content (AvgIpc) is 2.57. The molecule has 0 aliphatic carbocycles. The summed E-state index contributed by atoms with van der Waals surface area (Å²) in [5, 5.41) is 2.41. The van der Waals surface area contributed by atoms with Gasteiger partial charge in [-0.2, -0.15) is 0 Å². The molecule has 1 N–H and O–H groups in total. The van der Waals surface area contributed by atoms with E-state index in [9.17, 15) is 22.8 Å². The van der Waals surface area contributed by atoms with E-state index in [0.29, 0.717) is 18.2 Å². The van der Waals surface area contributed by atoms with Crippen molar-refractivity contribution in [2.24, 2.45) is 5.92 Å². The van der Waals surface area contributed by atoms with E-state index in [2.05, 4.69) is 5.32 Å². The lowest BCUT2D eigenvalue weighted by Crippen LogP contribution is -2.44. The number of piperidine rings is 1. The van der Waals surface area contributed by atoms with E-state index in [0.717, 1.165) is 12.1 Å². The minimum absolute atomic E-state index is 0.0664. The number of hydrogen-bond acceptors (Lipinski definition) is 2. The van der Waals surface area contributed by atoms with E-state index in [-0.39, 0.29) is 24.6 Å². The summed E-state index contributed by atoms with van der Waals surface area (Å²) in [6.45, 7) is 0.0664. The minimum Gasteiger partial charge on any atom is -0.323 e. The molecule has 2 aromatic rings. The number of amides is 2. The Hall–Kier alpha value is -2.83. The predicted molar refractivity (Wildman–Crippen MR) is 86.5 cm³/mol. The van der Waals surface area contributed by atoms with E-state index >= 15 is 0 Å². The molecular weight excluding hydrogens is 333 g/mol. The van der Waals surface area contributed by atoms with Crippen LogP contribution in [0.3, 0.4) is 0 Å². The summed E-state index contributed by atoms with van der Waals surface area (Å²) in [6, 6.07) is 8.41. The molecule has 3 rings (SSSR count). The molecular formula is C18H15F3N2O2. The fourth-order valence-corrected chi connectivity index (χ4v) is 2.78. The number of carbonyl (C=O) groups excluding carboxylic acids is 2. The molecule has 0 radical (unpaired) electrons. The monoisotopic (exact) mass is 348 g/mol. The molecule has 2 aromatic carbocycles. The molecule has 1 heterocycles. The summed E-state index contributed by atoms with van der Waals surface area (Å²) in [5.74, 6) is -3.35. The lowest BCUT2D eigenvalue weighted by molar-refractivity contribution is -0.124. The van der Waals surface area contributed by atoms with Crippen LogP contribution >= 0.6 is 0 Å². The number of halogens is 3. The zero-order valence-electron chi connectivity index (χ0n) is 13.1.